The Morgan fingerprint density at radius 1 is 1.05 bits per heavy atom. The summed E-state index contributed by atoms with van der Waals surface area (Å²) in [4.78, 5) is 25.3. The lowest BCUT2D eigenvalue weighted by Gasteiger charge is -2.34. The first-order valence-corrected chi connectivity index (χ1v) is 8.32. The number of nitrogens with one attached hydrogen (secondary N) is 1. The predicted octanol–water partition coefficient (Wildman–Crippen LogP) is 1.27. The van der Waals surface area contributed by atoms with E-state index in [1.54, 1.807) is 6.92 Å². The third-order valence-electron chi connectivity index (χ3n) is 4.96. The molecule has 3 N–H and O–H groups in total. The van der Waals surface area contributed by atoms with Crippen LogP contribution in [0.1, 0.15) is 51.9 Å². The van der Waals surface area contributed by atoms with Gasteiger partial charge >= 0.3 is 0 Å². The second-order valence-corrected chi connectivity index (χ2v) is 6.75. The normalized spacial score (nSPS) is 27.4. The summed E-state index contributed by atoms with van der Waals surface area (Å²) in [6, 6.07) is 0.348. The molecule has 1 heterocycles. The van der Waals surface area contributed by atoms with E-state index in [1.807, 2.05) is 4.90 Å². The second kappa shape index (κ2) is 7.78. The van der Waals surface area contributed by atoms with Crippen LogP contribution in [-0.2, 0) is 9.59 Å². The average molecular weight is 295 g/mol. The summed E-state index contributed by atoms with van der Waals surface area (Å²) in [7, 11) is 0. The standard InChI is InChI=1S/C16H29N3O2/c1-12(20)18-11-14-6-8-19(9-7-14)16(21)10-13-2-4-15(17)5-3-13/h13-15H,2-11,17H2,1H3,(H,18,20). The van der Waals surface area contributed by atoms with Gasteiger partial charge in [0.05, 0.1) is 0 Å². The topological polar surface area (TPSA) is 75.4 Å². The maximum absolute atomic E-state index is 12.3. The number of hydrogen-bond acceptors (Lipinski definition) is 3. The van der Waals surface area contributed by atoms with E-state index >= 15 is 0 Å². The second-order valence-electron chi connectivity index (χ2n) is 6.75. The van der Waals surface area contributed by atoms with E-state index < -0.39 is 0 Å². The zero-order valence-corrected chi connectivity index (χ0v) is 13.1. The summed E-state index contributed by atoms with van der Waals surface area (Å²) in [6.45, 7) is 3.98. The highest BCUT2D eigenvalue weighted by Crippen LogP contribution is 2.27. The van der Waals surface area contributed by atoms with Crippen LogP contribution in [0, 0.1) is 11.8 Å². The van der Waals surface area contributed by atoms with Crippen molar-refractivity contribution in [1.82, 2.24) is 10.2 Å². The van der Waals surface area contributed by atoms with Crippen molar-refractivity contribution in [3.05, 3.63) is 0 Å². The molecule has 0 spiro atoms. The van der Waals surface area contributed by atoms with Crippen molar-refractivity contribution < 1.29 is 9.59 Å². The third kappa shape index (κ3) is 5.30. The molecule has 1 saturated carbocycles. The van der Waals surface area contributed by atoms with E-state index in [0.717, 1.165) is 58.2 Å². The van der Waals surface area contributed by atoms with E-state index in [1.165, 1.54) is 0 Å². The van der Waals surface area contributed by atoms with Crippen LogP contribution >= 0.6 is 0 Å². The van der Waals surface area contributed by atoms with Gasteiger partial charge in [-0.15, -0.1) is 0 Å². The molecule has 0 radical (unpaired) electrons. The molecule has 5 heteroatoms. The summed E-state index contributed by atoms with van der Waals surface area (Å²) in [5, 5.41) is 2.87. The lowest BCUT2D eigenvalue weighted by Crippen LogP contribution is -2.42. The van der Waals surface area contributed by atoms with Crippen LogP contribution in [0.3, 0.4) is 0 Å². The molecule has 0 aromatic carbocycles. The Labute approximate surface area is 127 Å². The minimum atomic E-state index is 0.0315. The molecule has 120 valence electrons. The molecule has 2 fully saturated rings. The molecular formula is C16H29N3O2. The van der Waals surface area contributed by atoms with Crippen molar-refractivity contribution in [1.29, 1.82) is 0 Å². The maximum atomic E-state index is 12.3. The highest BCUT2D eigenvalue weighted by Gasteiger charge is 2.26. The number of carbonyl (C=O) groups is 2. The minimum Gasteiger partial charge on any atom is -0.356 e. The zero-order chi connectivity index (χ0) is 15.2. The van der Waals surface area contributed by atoms with Crippen molar-refractivity contribution in [2.75, 3.05) is 19.6 Å². The first-order valence-electron chi connectivity index (χ1n) is 8.32. The van der Waals surface area contributed by atoms with E-state index in [0.29, 0.717) is 30.2 Å². The number of carbonyl (C=O) groups excluding carboxylic acids is 2. The van der Waals surface area contributed by atoms with Crippen LogP contribution in [0.5, 0.6) is 0 Å². The third-order valence-corrected chi connectivity index (χ3v) is 4.96. The van der Waals surface area contributed by atoms with Gasteiger partial charge in [0, 0.05) is 39.0 Å². The average Bonchev–Trinajstić information content (AvgIpc) is 2.48. The fourth-order valence-electron chi connectivity index (χ4n) is 3.44. The molecule has 2 amide bonds. The van der Waals surface area contributed by atoms with Gasteiger partial charge in [0.2, 0.25) is 11.8 Å². The molecule has 0 aromatic rings. The van der Waals surface area contributed by atoms with Crippen molar-refractivity contribution in [2.24, 2.45) is 17.6 Å². The Morgan fingerprint density at radius 2 is 1.67 bits per heavy atom. The molecule has 0 unspecified atom stereocenters. The van der Waals surface area contributed by atoms with Crippen LogP contribution in [0.2, 0.25) is 0 Å². The van der Waals surface area contributed by atoms with E-state index in [-0.39, 0.29) is 5.91 Å². The smallest absolute Gasteiger partial charge is 0.222 e. The van der Waals surface area contributed by atoms with Gasteiger partial charge in [-0.2, -0.15) is 0 Å². The summed E-state index contributed by atoms with van der Waals surface area (Å²) in [6.07, 6.45) is 7.04. The fraction of sp³-hybridized carbons (Fsp3) is 0.875. The SMILES string of the molecule is CC(=O)NCC1CCN(C(=O)CC2CCC(N)CC2)CC1. The number of likely N-dealkylation sites (tertiary alicyclic amines) is 1. The molecule has 1 saturated heterocycles. The predicted molar refractivity (Wildman–Crippen MR) is 82.5 cm³/mol. The molecule has 1 aliphatic carbocycles. The van der Waals surface area contributed by atoms with Crippen molar-refractivity contribution in [3.8, 4) is 0 Å². The van der Waals surface area contributed by atoms with Crippen molar-refractivity contribution in [2.45, 2.75) is 57.9 Å². The van der Waals surface area contributed by atoms with E-state index in [4.69, 9.17) is 5.73 Å². The number of hydrogen-bond donors (Lipinski definition) is 2. The van der Waals surface area contributed by atoms with E-state index in [2.05, 4.69) is 5.32 Å². The van der Waals surface area contributed by atoms with Gasteiger partial charge in [0.1, 0.15) is 0 Å². The van der Waals surface area contributed by atoms with Gasteiger partial charge in [-0.3, -0.25) is 9.59 Å². The van der Waals surface area contributed by atoms with Crippen LogP contribution in [0.4, 0.5) is 0 Å². The van der Waals surface area contributed by atoms with Crippen molar-refractivity contribution in [3.63, 3.8) is 0 Å². The first kappa shape index (κ1) is 16.3. The first-order chi connectivity index (χ1) is 10.0. The molecule has 5 nitrogen and oxygen atoms in total. The number of amides is 2. The summed E-state index contributed by atoms with van der Waals surface area (Å²) >= 11 is 0. The Kier molecular flexibility index (Phi) is 6.03. The Bertz CT molecular complexity index is 357. The summed E-state index contributed by atoms with van der Waals surface area (Å²) in [5.41, 5.74) is 5.91. The highest BCUT2D eigenvalue weighted by molar-refractivity contribution is 5.76. The lowest BCUT2D eigenvalue weighted by atomic mass is 9.84. The molecule has 1 aliphatic heterocycles. The fourth-order valence-corrected chi connectivity index (χ4v) is 3.44. The lowest BCUT2D eigenvalue weighted by molar-refractivity contribution is -0.134. The van der Waals surface area contributed by atoms with Gasteiger partial charge in [-0.1, -0.05) is 0 Å². The molecule has 2 aliphatic rings. The van der Waals surface area contributed by atoms with Gasteiger partial charge in [-0.05, 0) is 50.4 Å². The van der Waals surface area contributed by atoms with E-state index in [9.17, 15) is 9.59 Å². The van der Waals surface area contributed by atoms with Crippen LogP contribution in [-0.4, -0.2) is 42.4 Å². The van der Waals surface area contributed by atoms with Crippen molar-refractivity contribution >= 4 is 11.8 Å². The summed E-state index contributed by atoms with van der Waals surface area (Å²) < 4.78 is 0. The number of rotatable bonds is 4. The number of nitrogens with zero attached hydrogens (tertiary/aromatic N) is 1. The molecule has 0 aromatic heterocycles. The molecule has 2 rings (SSSR count). The Hall–Kier alpha value is -1.10. The minimum absolute atomic E-state index is 0.0315. The molecular weight excluding hydrogens is 266 g/mol. The number of piperidine rings is 1. The highest BCUT2D eigenvalue weighted by atomic mass is 16.2. The van der Waals surface area contributed by atoms with Crippen LogP contribution in [0.15, 0.2) is 0 Å². The van der Waals surface area contributed by atoms with Gasteiger partial charge in [-0.25, -0.2) is 0 Å². The zero-order valence-electron chi connectivity index (χ0n) is 13.1. The summed E-state index contributed by atoms with van der Waals surface area (Å²) in [5.74, 6) is 1.40. The molecule has 21 heavy (non-hydrogen) atoms. The van der Waals surface area contributed by atoms with Gasteiger partial charge in [0.25, 0.3) is 0 Å². The van der Waals surface area contributed by atoms with Crippen LogP contribution < -0.4 is 11.1 Å². The largest absolute Gasteiger partial charge is 0.356 e. The maximum Gasteiger partial charge on any atom is 0.222 e. The molecule has 0 atom stereocenters. The monoisotopic (exact) mass is 295 g/mol. The number of nitrogens with two attached hydrogens (primary N) is 1. The Balaban J connectivity index is 1.67. The van der Waals surface area contributed by atoms with Gasteiger partial charge in [0.15, 0.2) is 0 Å². The quantitative estimate of drug-likeness (QED) is 0.820. The Morgan fingerprint density at radius 3 is 2.24 bits per heavy atom. The van der Waals surface area contributed by atoms with Gasteiger partial charge < -0.3 is 16.0 Å². The van der Waals surface area contributed by atoms with Crippen LogP contribution in [0.25, 0.3) is 0 Å². The molecule has 0 bridgehead atoms.